The normalized spacial score (nSPS) is 19.6. The average molecular weight is 480 g/mol. The molecule has 1 fully saturated rings. The smallest absolute Gasteiger partial charge is 0.333 e. The van der Waals surface area contributed by atoms with Crippen LogP contribution < -0.4 is 5.32 Å². The molecule has 3 atom stereocenters. The highest BCUT2D eigenvalue weighted by Crippen LogP contribution is 2.26. The third-order valence-electron chi connectivity index (χ3n) is 6.59. The van der Waals surface area contributed by atoms with Crippen LogP contribution in [0, 0.1) is 11.3 Å². The SMILES string of the molecule is CCOC(=O)/C(C)=C/[C@H](C(C)C)N(CC)C(=O)[C@@H](NC(=O)[C@H]1CCCCN1C(C)C)C(C)(C)C. The minimum absolute atomic E-state index is 0.0722. The van der Waals surface area contributed by atoms with E-state index >= 15 is 0 Å². The molecule has 1 saturated heterocycles. The number of carbonyl (C=O) groups excluding carboxylic acids is 3. The number of likely N-dealkylation sites (N-methyl/N-ethyl adjacent to an activating group) is 1. The van der Waals surface area contributed by atoms with Gasteiger partial charge in [0.1, 0.15) is 6.04 Å². The van der Waals surface area contributed by atoms with Gasteiger partial charge in [-0.25, -0.2) is 4.79 Å². The first-order valence-electron chi connectivity index (χ1n) is 13.0. The highest BCUT2D eigenvalue weighted by Gasteiger charge is 2.40. The van der Waals surface area contributed by atoms with Crippen molar-refractivity contribution in [3.05, 3.63) is 11.6 Å². The number of carbonyl (C=O) groups is 3. The molecular weight excluding hydrogens is 430 g/mol. The Labute approximate surface area is 207 Å². The molecule has 1 heterocycles. The van der Waals surface area contributed by atoms with E-state index in [0.717, 1.165) is 25.8 Å². The van der Waals surface area contributed by atoms with Crippen molar-refractivity contribution in [3.63, 3.8) is 0 Å². The van der Waals surface area contributed by atoms with Crippen molar-refractivity contribution in [1.29, 1.82) is 0 Å². The first kappa shape index (κ1) is 30.1. The summed E-state index contributed by atoms with van der Waals surface area (Å²) in [6.07, 6.45) is 4.75. The van der Waals surface area contributed by atoms with Crippen LogP contribution in [0.3, 0.4) is 0 Å². The zero-order valence-electron chi connectivity index (χ0n) is 23.2. The third-order valence-corrected chi connectivity index (χ3v) is 6.59. The minimum atomic E-state index is -0.673. The lowest BCUT2D eigenvalue weighted by Crippen LogP contribution is -2.61. The van der Waals surface area contributed by atoms with Crippen molar-refractivity contribution < 1.29 is 19.1 Å². The first-order valence-corrected chi connectivity index (χ1v) is 13.0. The summed E-state index contributed by atoms with van der Waals surface area (Å²) in [7, 11) is 0. The van der Waals surface area contributed by atoms with Crippen LogP contribution in [0.25, 0.3) is 0 Å². The van der Waals surface area contributed by atoms with E-state index in [1.807, 2.05) is 47.6 Å². The van der Waals surface area contributed by atoms with Gasteiger partial charge in [0, 0.05) is 18.2 Å². The van der Waals surface area contributed by atoms with E-state index in [4.69, 9.17) is 4.74 Å². The predicted molar refractivity (Wildman–Crippen MR) is 137 cm³/mol. The number of nitrogens with zero attached hydrogens (tertiary/aromatic N) is 2. The van der Waals surface area contributed by atoms with Gasteiger partial charge in [-0.1, -0.05) is 47.1 Å². The molecule has 0 radical (unpaired) electrons. The van der Waals surface area contributed by atoms with Gasteiger partial charge in [-0.3, -0.25) is 14.5 Å². The number of piperidine rings is 1. The molecule has 1 aliphatic heterocycles. The fourth-order valence-electron chi connectivity index (χ4n) is 4.63. The Balaban J connectivity index is 3.24. The van der Waals surface area contributed by atoms with Crippen molar-refractivity contribution in [2.24, 2.45) is 11.3 Å². The summed E-state index contributed by atoms with van der Waals surface area (Å²) in [6.45, 7) is 21.3. The number of amides is 2. The van der Waals surface area contributed by atoms with Gasteiger partial charge in [0.2, 0.25) is 11.8 Å². The molecule has 0 bridgehead atoms. The van der Waals surface area contributed by atoms with Gasteiger partial charge in [0.05, 0.1) is 18.7 Å². The van der Waals surface area contributed by atoms with Crippen LogP contribution >= 0.6 is 0 Å². The molecule has 7 heteroatoms. The summed E-state index contributed by atoms with van der Waals surface area (Å²) in [4.78, 5) is 43.6. The Morgan fingerprint density at radius 2 is 1.74 bits per heavy atom. The fraction of sp³-hybridized carbons (Fsp3) is 0.815. The van der Waals surface area contributed by atoms with E-state index in [1.54, 1.807) is 18.7 Å². The number of hydrogen-bond donors (Lipinski definition) is 1. The van der Waals surface area contributed by atoms with Crippen molar-refractivity contribution >= 4 is 17.8 Å². The largest absolute Gasteiger partial charge is 0.463 e. The number of hydrogen-bond acceptors (Lipinski definition) is 5. The molecule has 7 nitrogen and oxygen atoms in total. The molecule has 2 amide bonds. The number of nitrogens with one attached hydrogen (secondary N) is 1. The molecule has 0 spiro atoms. The maximum absolute atomic E-state index is 13.9. The Morgan fingerprint density at radius 1 is 1.12 bits per heavy atom. The molecule has 1 aliphatic rings. The molecule has 0 unspecified atom stereocenters. The van der Waals surface area contributed by atoms with Gasteiger partial charge in [-0.2, -0.15) is 0 Å². The first-order chi connectivity index (χ1) is 15.8. The average Bonchev–Trinajstić information content (AvgIpc) is 2.75. The van der Waals surface area contributed by atoms with Crippen LogP contribution in [-0.2, 0) is 19.1 Å². The van der Waals surface area contributed by atoms with E-state index in [2.05, 4.69) is 24.1 Å². The molecular formula is C27H49N3O4. The van der Waals surface area contributed by atoms with Gasteiger partial charge >= 0.3 is 5.97 Å². The minimum Gasteiger partial charge on any atom is -0.463 e. The van der Waals surface area contributed by atoms with E-state index in [-0.39, 0.29) is 41.8 Å². The van der Waals surface area contributed by atoms with E-state index in [9.17, 15) is 14.4 Å². The lowest BCUT2D eigenvalue weighted by Gasteiger charge is -2.41. The van der Waals surface area contributed by atoms with Crippen LogP contribution in [0.1, 0.15) is 88.5 Å². The van der Waals surface area contributed by atoms with Crippen LogP contribution in [-0.4, -0.2) is 71.4 Å². The van der Waals surface area contributed by atoms with E-state index < -0.39 is 11.5 Å². The van der Waals surface area contributed by atoms with Crippen LogP contribution in [0.5, 0.6) is 0 Å². The highest BCUT2D eigenvalue weighted by molar-refractivity contribution is 5.91. The van der Waals surface area contributed by atoms with Crippen LogP contribution in [0.15, 0.2) is 11.6 Å². The predicted octanol–water partition coefficient (Wildman–Crippen LogP) is 4.16. The summed E-state index contributed by atoms with van der Waals surface area (Å²) in [5.41, 5.74) is 0.0109. The van der Waals surface area contributed by atoms with Gasteiger partial charge in [-0.15, -0.1) is 0 Å². The molecule has 34 heavy (non-hydrogen) atoms. The number of esters is 1. The Morgan fingerprint density at radius 3 is 2.21 bits per heavy atom. The molecule has 1 rings (SSSR count). The standard InChI is InChI=1S/C27H49N3O4/c1-11-29(22(18(3)4)17-20(7)26(33)34-12-2)25(32)23(27(8,9)10)28-24(31)21-15-13-14-16-30(21)19(5)6/h17-19,21-23H,11-16H2,1-10H3,(H,28,31)/b20-17+/t21-,22-,23-/m1/s1. The maximum atomic E-state index is 13.9. The molecule has 0 aromatic carbocycles. The second kappa shape index (κ2) is 13.3. The van der Waals surface area contributed by atoms with E-state index in [0.29, 0.717) is 18.7 Å². The van der Waals surface area contributed by atoms with E-state index in [1.165, 1.54) is 0 Å². The molecule has 196 valence electrons. The van der Waals surface area contributed by atoms with Gasteiger partial charge in [-0.05, 0) is 65.3 Å². The summed E-state index contributed by atoms with van der Waals surface area (Å²) >= 11 is 0. The quantitative estimate of drug-likeness (QED) is 0.376. The molecule has 1 N–H and O–H groups in total. The number of ether oxygens (including phenoxy) is 1. The lowest BCUT2D eigenvalue weighted by atomic mass is 9.84. The van der Waals surface area contributed by atoms with Crippen LogP contribution in [0.2, 0.25) is 0 Å². The summed E-state index contributed by atoms with van der Waals surface area (Å²) in [6, 6.07) is -0.902. The molecule has 0 saturated carbocycles. The summed E-state index contributed by atoms with van der Waals surface area (Å²) in [5.74, 6) is -0.485. The third kappa shape index (κ3) is 8.10. The molecule has 0 aromatic rings. The maximum Gasteiger partial charge on any atom is 0.333 e. The van der Waals surface area contributed by atoms with Gasteiger partial charge in [0.15, 0.2) is 0 Å². The Hall–Kier alpha value is -1.89. The molecule has 0 aliphatic carbocycles. The number of rotatable bonds is 10. The van der Waals surface area contributed by atoms with Gasteiger partial charge < -0.3 is 15.0 Å². The van der Waals surface area contributed by atoms with Crippen LogP contribution in [0.4, 0.5) is 0 Å². The van der Waals surface area contributed by atoms with Crippen molar-refractivity contribution in [3.8, 4) is 0 Å². The van der Waals surface area contributed by atoms with Crippen molar-refractivity contribution in [2.75, 3.05) is 19.7 Å². The molecule has 0 aromatic heterocycles. The number of likely N-dealkylation sites (tertiary alicyclic amines) is 1. The second-order valence-electron chi connectivity index (χ2n) is 11.1. The second-order valence-corrected chi connectivity index (χ2v) is 11.1. The fourth-order valence-corrected chi connectivity index (χ4v) is 4.63. The van der Waals surface area contributed by atoms with Gasteiger partial charge in [0.25, 0.3) is 0 Å². The topological polar surface area (TPSA) is 79.0 Å². The zero-order chi connectivity index (χ0) is 26.2. The summed E-state index contributed by atoms with van der Waals surface area (Å²) < 4.78 is 5.14. The lowest BCUT2D eigenvalue weighted by molar-refractivity contribution is -0.143. The van der Waals surface area contributed by atoms with Crippen molar-refractivity contribution in [2.45, 2.75) is 113 Å². The zero-order valence-corrected chi connectivity index (χ0v) is 23.2. The monoisotopic (exact) mass is 479 g/mol. The summed E-state index contributed by atoms with van der Waals surface area (Å²) in [5, 5.41) is 3.13. The highest BCUT2D eigenvalue weighted by atomic mass is 16.5. The Bertz CT molecular complexity index is 724. The Kier molecular flexibility index (Phi) is 11.8. The van der Waals surface area contributed by atoms with Crippen molar-refractivity contribution in [1.82, 2.24) is 15.1 Å².